The minimum Gasteiger partial charge on any atom is -0.632 e. The van der Waals surface area contributed by atoms with Gasteiger partial charge in [-0.1, -0.05) is 6.08 Å². The van der Waals surface area contributed by atoms with E-state index in [1.807, 2.05) is 0 Å². The molecule has 0 aromatic rings. The van der Waals surface area contributed by atoms with Crippen molar-refractivity contribution >= 4 is 11.9 Å². The summed E-state index contributed by atoms with van der Waals surface area (Å²) in [6.45, 7) is 7.00. The molecule has 164 valence electrons. The molecule has 1 saturated heterocycles. The lowest BCUT2D eigenvalue weighted by molar-refractivity contribution is -0.877. The van der Waals surface area contributed by atoms with Gasteiger partial charge in [0.25, 0.3) is 0 Å². The Morgan fingerprint density at radius 2 is 2.03 bits per heavy atom. The number of carbonyl (C=O) groups is 2. The van der Waals surface area contributed by atoms with Crippen LogP contribution in [0.4, 0.5) is 0 Å². The molecular weight excluding hydrogens is 382 g/mol. The number of hydrogen-bond donors (Lipinski definition) is 3. The third-order valence-electron chi connectivity index (χ3n) is 5.93. The Morgan fingerprint density at radius 1 is 1.41 bits per heavy atom. The molecular formula is C20H31NO8. The molecule has 3 N–H and O–H groups in total. The van der Waals surface area contributed by atoms with Crippen LogP contribution in [0.1, 0.15) is 41.0 Å². The van der Waals surface area contributed by atoms with Gasteiger partial charge in [-0.15, -0.1) is 0 Å². The Morgan fingerprint density at radius 3 is 2.55 bits per heavy atom. The molecule has 0 aliphatic carbocycles. The van der Waals surface area contributed by atoms with Crippen molar-refractivity contribution in [3.63, 3.8) is 0 Å². The summed E-state index contributed by atoms with van der Waals surface area (Å²) in [6.07, 6.45) is 1.43. The molecule has 1 unspecified atom stereocenters. The SMILES string of the molecule is C/C=C(\C)C(=O)O[C@@H]1CC[N+]2([O-])CC=C(COC(=O)[C@@](O)([C@H](C)O)C(C)(C)O)[C@H]12. The summed E-state index contributed by atoms with van der Waals surface area (Å²) in [5.74, 6) is -1.70. The normalized spacial score (nSPS) is 30.2. The summed E-state index contributed by atoms with van der Waals surface area (Å²) in [4.78, 5) is 24.6. The predicted octanol–water partition coefficient (Wildman–Crippen LogP) is 0.317. The minimum atomic E-state index is -2.54. The number of hydroxylamine groups is 3. The summed E-state index contributed by atoms with van der Waals surface area (Å²) < 4.78 is 10.1. The largest absolute Gasteiger partial charge is 0.632 e. The number of fused-ring (bicyclic) bond motifs is 1. The first-order chi connectivity index (χ1) is 13.3. The quantitative estimate of drug-likeness (QED) is 0.178. The number of hydrogen-bond acceptors (Lipinski definition) is 8. The smallest absolute Gasteiger partial charge is 0.344 e. The highest BCUT2D eigenvalue weighted by Gasteiger charge is 2.55. The van der Waals surface area contributed by atoms with E-state index in [0.717, 1.165) is 0 Å². The first-order valence-electron chi connectivity index (χ1n) is 9.68. The van der Waals surface area contributed by atoms with Crippen molar-refractivity contribution in [2.45, 2.75) is 70.5 Å². The molecule has 0 amide bonds. The Balaban J connectivity index is 2.13. The summed E-state index contributed by atoms with van der Waals surface area (Å²) in [6, 6.07) is -0.696. The van der Waals surface area contributed by atoms with E-state index in [4.69, 9.17) is 9.47 Å². The van der Waals surface area contributed by atoms with Gasteiger partial charge in [0.1, 0.15) is 12.2 Å². The fraction of sp³-hybridized carbons (Fsp3) is 0.700. The number of aliphatic hydroxyl groups excluding tert-OH is 1. The average Bonchev–Trinajstić information content (AvgIpc) is 3.12. The Bertz CT molecular complexity index is 722. The van der Waals surface area contributed by atoms with Crippen molar-refractivity contribution in [2.24, 2.45) is 0 Å². The second kappa shape index (κ2) is 8.16. The molecule has 0 aromatic heterocycles. The monoisotopic (exact) mass is 413 g/mol. The molecule has 9 nitrogen and oxygen atoms in total. The molecule has 0 aromatic carbocycles. The van der Waals surface area contributed by atoms with Gasteiger partial charge in [0.05, 0.1) is 19.2 Å². The maximum atomic E-state index is 13.0. The number of nitrogens with zero attached hydrogens (tertiary/aromatic N) is 1. The van der Waals surface area contributed by atoms with Crippen LogP contribution in [0.5, 0.6) is 0 Å². The van der Waals surface area contributed by atoms with Gasteiger partial charge < -0.3 is 34.6 Å². The van der Waals surface area contributed by atoms with Gasteiger partial charge in [-0.3, -0.25) is 0 Å². The molecule has 2 heterocycles. The summed E-state index contributed by atoms with van der Waals surface area (Å²) in [5.41, 5.74) is -3.58. The van der Waals surface area contributed by atoms with Crippen LogP contribution in [0.3, 0.4) is 0 Å². The molecule has 29 heavy (non-hydrogen) atoms. The number of aliphatic hydroxyl groups is 3. The first kappa shape index (κ1) is 23.5. The lowest BCUT2D eigenvalue weighted by Crippen LogP contribution is -2.63. The third-order valence-corrected chi connectivity index (χ3v) is 5.93. The Hall–Kier alpha value is -1.78. The van der Waals surface area contributed by atoms with E-state index in [-0.39, 0.29) is 19.7 Å². The molecule has 2 rings (SSSR count). The van der Waals surface area contributed by atoms with Crippen LogP contribution in [-0.2, 0) is 19.1 Å². The Labute approximate surface area is 170 Å². The topological polar surface area (TPSA) is 136 Å². The standard InChI is InChI=1S/C20H31NO8/c1-6-12(2)17(23)29-15-8-10-21(27)9-7-14(16(15)21)11-28-18(24)20(26,13(3)22)19(4,5)25/h6-7,13,15-16,22,25-26H,8-11H2,1-5H3/b12-6+/t13-,15+,16+,20-,21?/m0/s1. The number of rotatable bonds is 7. The fourth-order valence-electron chi connectivity index (χ4n) is 3.89. The molecule has 2 aliphatic heterocycles. The summed E-state index contributed by atoms with van der Waals surface area (Å²) in [7, 11) is 0. The van der Waals surface area contributed by atoms with E-state index < -0.39 is 46.0 Å². The minimum absolute atomic E-state index is 0.167. The number of ether oxygens (including phenoxy) is 2. The van der Waals surface area contributed by atoms with Crippen LogP contribution >= 0.6 is 0 Å². The molecule has 9 heteroatoms. The van der Waals surface area contributed by atoms with Crippen LogP contribution in [-0.4, -0.2) is 81.1 Å². The summed E-state index contributed by atoms with van der Waals surface area (Å²) in [5, 5.41) is 43.5. The Kier molecular flexibility index (Phi) is 6.61. The molecule has 0 spiro atoms. The predicted molar refractivity (Wildman–Crippen MR) is 103 cm³/mol. The van der Waals surface area contributed by atoms with Gasteiger partial charge in [-0.05, 0) is 40.7 Å². The average molecular weight is 413 g/mol. The van der Waals surface area contributed by atoms with E-state index >= 15 is 0 Å². The molecule has 1 fully saturated rings. The molecule has 0 radical (unpaired) electrons. The van der Waals surface area contributed by atoms with E-state index in [1.54, 1.807) is 26.0 Å². The molecule has 5 atom stereocenters. The van der Waals surface area contributed by atoms with Gasteiger partial charge in [0, 0.05) is 17.6 Å². The molecule has 0 bridgehead atoms. The first-order valence-corrected chi connectivity index (χ1v) is 9.68. The van der Waals surface area contributed by atoms with E-state index in [9.17, 15) is 30.1 Å². The second-order valence-electron chi connectivity index (χ2n) is 8.36. The highest BCUT2D eigenvalue weighted by atomic mass is 16.6. The van der Waals surface area contributed by atoms with Crippen LogP contribution < -0.4 is 0 Å². The van der Waals surface area contributed by atoms with Gasteiger partial charge in [-0.25, -0.2) is 9.59 Å². The maximum absolute atomic E-state index is 13.0. The van der Waals surface area contributed by atoms with Gasteiger partial charge in [-0.2, -0.15) is 0 Å². The highest BCUT2D eigenvalue weighted by Crippen LogP contribution is 2.38. The van der Waals surface area contributed by atoms with Gasteiger partial charge in [0.15, 0.2) is 12.1 Å². The van der Waals surface area contributed by atoms with Crippen molar-refractivity contribution in [3.05, 3.63) is 28.5 Å². The zero-order valence-electron chi connectivity index (χ0n) is 17.5. The lowest BCUT2D eigenvalue weighted by Gasteiger charge is -2.41. The van der Waals surface area contributed by atoms with Crippen molar-refractivity contribution < 1.29 is 39.0 Å². The van der Waals surface area contributed by atoms with Crippen LogP contribution in [0.25, 0.3) is 0 Å². The van der Waals surface area contributed by atoms with Gasteiger partial charge in [0.2, 0.25) is 5.60 Å². The van der Waals surface area contributed by atoms with E-state index in [1.165, 1.54) is 20.8 Å². The van der Waals surface area contributed by atoms with Crippen LogP contribution in [0.2, 0.25) is 0 Å². The van der Waals surface area contributed by atoms with E-state index in [0.29, 0.717) is 17.6 Å². The van der Waals surface area contributed by atoms with Gasteiger partial charge >= 0.3 is 11.9 Å². The number of carbonyl (C=O) groups excluding carboxylic acids is 2. The number of allylic oxidation sites excluding steroid dienone is 1. The van der Waals surface area contributed by atoms with Crippen molar-refractivity contribution in [2.75, 3.05) is 19.7 Å². The molecule has 2 aliphatic rings. The lowest BCUT2D eigenvalue weighted by atomic mass is 9.81. The van der Waals surface area contributed by atoms with Crippen LogP contribution in [0.15, 0.2) is 23.3 Å². The molecule has 0 saturated carbocycles. The number of quaternary nitrogens is 1. The second-order valence-corrected chi connectivity index (χ2v) is 8.36. The maximum Gasteiger partial charge on any atom is 0.344 e. The number of esters is 2. The van der Waals surface area contributed by atoms with Crippen LogP contribution in [0, 0.1) is 5.21 Å². The van der Waals surface area contributed by atoms with E-state index in [2.05, 4.69) is 0 Å². The third kappa shape index (κ3) is 4.24. The van der Waals surface area contributed by atoms with Crippen molar-refractivity contribution in [3.8, 4) is 0 Å². The van der Waals surface area contributed by atoms with Crippen molar-refractivity contribution in [1.82, 2.24) is 0 Å². The highest BCUT2D eigenvalue weighted by molar-refractivity contribution is 5.87. The zero-order valence-corrected chi connectivity index (χ0v) is 17.5. The zero-order chi connectivity index (χ0) is 22.2. The summed E-state index contributed by atoms with van der Waals surface area (Å²) >= 11 is 0. The van der Waals surface area contributed by atoms with Crippen molar-refractivity contribution in [1.29, 1.82) is 0 Å². The fourth-order valence-corrected chi connectivity index (χ4v) is 3.89.